The van der Waals surface area contributed by atoms with Crippen LogP contribution in [-0.4, -0.2) is 15.8 Å². The van der Waals surface area contributed by atoms with Gasteiger partial charge in [-0.25, -0.2) is 4.79 Å². The fourth-order valence-corrected chi connectivity index (χ4v) is 2.15. The van der Waals surface area contributed by atoms with E-state index in [2.05, 4.69) is 0 Å². The first kappa shape index (κ1) is 11.4. The van der Waals surface area contributed by atoms with Crippen LogP contribution in [0.1, 0.15) is 21.7 Å². The summed E-state index contributed by atoms with van der Waals surface area (Å²) in [6, 6.07) is 9.72. The molecule has 2 aromatic rings. The predicted molar refractivity (Wildman–Crippen MR) is 63.4 cm³/mol. The maximum absolute atomic E-state index is 11.2. The van der Waals surface area contributed by atoms with Crippen molar-refractivity contribution in [3.63, 3.8) is 0 Å². The van der Waals surface area contributed by atoms with Gasteiger partial charge in [-0.3, -0.25) is 0 Å². The summed E-state index contributed by atoms with van der Waals surface area (Å²) in [5.74, 6) is -0.884. The van der Waals surface area contributed by atoms with Crippen molar-refractivity contribution in [3.8, 4) is 5.69 Å². The Kier molecular flexibility index (Phi) is 2.71. The molecule has 1 N–H and O–H groups in total. The van der Waals surface area contributed by atoms with Gasteiger partial charge in [-0.15, -0.1) is 9.36 Å². The van der Waals surface area contributed by atoms with Crippen LogP contribution in [0.3, 0.4) is 0 Å². The van der Waals surface area contributed by atoms with Crippen molar-refractivity contribution >= 4 is 5.97 Å². The molecule has 0 bridgehead atoms. The van der Waals surface area contributed by atoms with Crippen LogP contribution < -0.4 is 4.68 Å². The summed E-state index contributed by atoms with van der Waals surface area (Å²) in [4.78, 5) is 11.2. The summed E-state index contributed by atoms with van der Waals surface area (Å²) < 4.78 is 3.76. The van der Waals surface area contributed by atoms with E-state index in [9.17, 15) is 9.90 Å². The molecular weight excluding hydrogens is 216 g/mol. The maximum atomic E-state index is 11.2. The third kappa shape index (κ3) is 1.71. The Morgan fingerprint density at radius 1 is 1.24 bits per heavy atom. The summed E-state index contributed by atoms with van der Waals surface area (Å²) in [5.41, 5.74) is 2.82. The second kappa shape index (κ2) is 4.05. The Morgan fingerprint density at radius 3 is 2.29 bits per heavy atom. The highest BCUT2D eigenvalue weighted by atomic mass is 16.4. The molecule has 0 amide bonds. The number of carboxylic acids is 1. The highest BCUT2D eigenvalue weighted by Crippen LogP contribution is 2.15. The van der Waals surface area contributed by atoms with Gasteiger partial charge in [0.25, 0.3) is 0 Å². The van der Waals surface area contributed by atoms with Crippen LogP contribution in [0.4, 0.5) is 0 Å². The van der Waals surface area contributed by atoms with E-state index >= 15 is 0 Å². The average molecular weight is 231 g/mol. The molecule has 0 spiro atoms. The van der Waals surface area contributed by atoms with E-state index in [0.29, 0.717) is 5.56 Å². The number of hydrogen-bond acceptors (Lipinski definition) is 1. The van der Waals surface area contributed by atoms with Crippen LogP contribution >= 0.6 is 0 Å². The van der Waals surface area contributed by atoms with Crippen LogP contribution in [0.15, 0.2) is 30.3 Å². The first-order valence-electron chi connectivity index (χ1n) is 5.41. The Balaban J connectivity index is 2.72. The second-order valence-corrected chi connectivity index (χ2v) is 4.02. The number of nitrogens with zero attached hydrogens (tertiary/aromatic N) is 2. The third-order valence-electron chi connectivity index (χ3n) is 3.04. The lowest BCUT2D eigenvalue weighted by atomic mass is 10.2. The SMILES string of the molecule is Cc1c(C(=O)O)c(C)[n+](C)n1-c1ccccc1. The lowest BCUT2D eigenvalue weighted by Crippen LogP contribution is -2.40. The van der Waals surface area contributed by atoms with E-state index in [1.807, 2.05) is 60.6 Å². The van der Waals surface area contributed by atoms with Crippen LogP contribution in [0.5, 0.6) is 0 Å². The summed E-state index contributed by atoms with van der Waals surface area (Å²) in [5, 5.41) is 9.20. The monoisotopic (exact) mass is 231 g/mol. The number of hydrogen-bond donors (Lipinski definition) is 1. The summed E-state index contributed by atoms with van der Waals surface area (Å²) in [7, 11) is 1.86. The third-order valence-corrected chi connectivity index (χ3v) is 3.04. The molecule has 88 valence electrons. The lowest BCUT2D eigenvalue weighted by Gasteiger charge is -2.02. The van der Waals surface area contributed by atoms with Gasteiger partial charge in [0.2, 0.25) is 5.69 Å². The van der Waals surface area contributed by atoms with Crippen molar-refractivity contribution in [2.45, 2.75) is 13.8 Å². The molecule has 2 rings (SSSR count). The molecule has 0 unspecified atom stereocenters. The Hall–Kier alpha value is -2.10. The van der Waals surface area contributed by atoms with E-state index in [-0.39, 0.29) is 0 Å². The van der Waals surface area contributed by atoms with Gasteiger partial charge in [0.15, 0.2) is 12.6 Å². The van der Waals surface area contributed by atoms with Crippen LogP contribution in [0.2, 0.25) is 0 Å². The molecule has 0 aliphatic rings. The van der Waals surface area contributed by atoms with Gasteiger partial charge in [0, 0.05) is 6.92 Å². The largest absolute Gasteiger partial charge is 0.477 e. The van der Waals surface area contributed by atoms with E-state index in [0.717, 1.165) is 17.1 Å². The van der Waals surface area contributed by atoms with Crippen LogP contribution in [0.25, 0.3) is 5.69 Å². The van der Waals surface area contributed by atoms with E-state index in [1.54, 1.807) is 0 Å². The Bertz CT molecular complexity index is 571. The van der Waals surface area contributed by atoms with Crippen molar-refractivity contribution < 1.29 is 14.6 Å². The molecule has 1 heterocycles. The lowest BCUT2D eigenvalue weighted by molar-refractivity contribution is -0.749. The minimum Gasteiger partial charge on any atom is -0.477 e. The van der Waals surface area contributed by atoms with Gasteiger partial charge in [-0.05, 0) is 19.1 Å². The number of aromatic carboxylic acids is 1. The fourth-order valence-electron chi connectivity index (χ4n) is 2.15. The molecule has 17 heavy (non-hydrogen) atoms. The van der Waals surface area contributed by atoms with E-state index in [1.165, 1.54) is 0 Å². The first-order chi connectivity index (χ1) is 8.04. The van der Waals surface area contributed by atoms with Gasteiger partial charge in [0.05, 0.1) is 0 Å². The number of carbonyl (C=O) groups is 1. The number of carboxylic acid groups (broad SMARTS) is 1. The number of rotatable bonds is 2. The molecular formula is C13H15N2O2+. The van der Waals surface area contributed by atoms with Crippen LogP contribution in [-0.2, 0) is 7.05 Å². The molecule has 1 aromatic heterocycles. The summed E-state index contributed by atoms with van der Waals surface area (Å²) in [6.07, 6.45) is 0. The summed E-state index contributed by atoms with van der Waals surface area (Å²) in [6.45, 7) is 3.64. The first-order valence-corrected chi connectivity index (χ1v) is 5.41. The maximum Gasteiger partial charge on any atom is 0.344 e. The normalized spacial score (nSPS) is 10.5. The van der Waals surface area contributed by atoms with Gasteiger partial charge in [-0.2, -0.15) is 0 Å². The second-order valence-electron chi connectivity index (χ2n) is 4.02. The number of para-hydroxylation sites is 1. The Labute approximate surface area is 99.7 Å². The smallest absolute Gasteiger partial charge is 0.344 e. The van der Waals surface area contributed by atoms with Gasteiger partial charge >= 0.3 is 5.97 Å². The fraction of sp³-hybridized carbons (Fsp3) is 0.231. The molecule has 0 radical (unpaired) electrons. The van der Waals surface area contributed by atoms with Crippen molar-refractivity contribution in [2.24, 2.45) is 7.05 Å². The average Bonchev–Trinajstić information content (AvgIpc) is 2.51. The van der Waals surface area contributed by atoms with Crippen LogP contribution in [0, 0.1) is 13.8 Å². The van der Waals surface area contributed by atoms with Crippen molar-refractivity contribution in [3.05, 3.63) is 47.3 Å². The minimum absolute atomic E-state index is 0.372. The zero-order valence-electron chi connectivity index (χ0n) is 10.1. The van der Waals surface area contributed by atoms with Gasteiger partial charge in [0.1, 0.15) is 11.4 Å². The van der Waals surface area contributed by atoms with Gasteiger partial charge < -0.3 is 5.11 Å². The molecule has 4 nitrogen and oxygen atoms in total. The van der Waals surface area contributed by atoms with E-state index < -0.39 is 5.97 Å². The van der Waals surface area contributed by atoms with Crippen molar-refractivity contribution in [1.82, 2.24) is 4.68 Å². The highest BCUT2D eigenvalue weighted by Gasteiger charge is 2.27. The topological polar surface area (TPSA) is 46.1 Å². The number of aromatic nitrogens is 2. The molecule has 0 saturated heterocycles. The van der Waals surface area contributed by atoms with Crippen molar-refractivity contribution in [2.75, 3.05) is 0 Å². The molecule has 0 aliphatic heterocycles. The summed E-state index contributed by atoms with van der Waals surface area (Å²) >= 11 is 0. The molecule has 0 fully saturated rings. The molecule has 0 atom stereocenters. The molecule has 4 heteroatoms. The standard InChI is InChI=1S/C13H14N2O2/c1-9-12(13(16)17)10(2)15(14(9)3)11-7-5-4-6-8-11/h4-8H,1-3H3/p+1. The zero-order chi connectivity index (χ0) is 12.6. The Morgan fingerprint density at radius 2 is 1.82 bits per heavy atom. The highest BCUT2D eigenvalue weighted by molar-refractivity contribution is 5.89. The van der Waals surface area contributed by atoms with Gasteiger partial charge in [-0.1, -0.05) is 18.2 Å². The molecule has 0 aliphatic carbocycles. The zero-order valence-corrected chi connectivity index (χ0v) is 10.1. The van der Waals surface area contributed by atoms with E-state index in [4.69, 9.17) is 0 Å². The molecule has 1 aromatic carbocycles. The minimum atomic E-state index is -0.884. The quantitative estimate of drug-likeness (QED) is 0.798. The van der Waals surface area contributed by atoms with Crippen molar-refractivity contribution in [1.29, 1.82) is 0 Å². The number of benzene rings is 1. The predicted octanol–water partition coefficient (Wildman–Crippen LogP) is 1.62. The molecule has 0 saturated carbocycles.